The van der Waals surface area contributed by atoms with E-state index >= 15 is 0 Å². The number of piperidine rings is 2. The number of rotatable bonds is 6. The van der Waals surface area contributed by atoms with Crippen molar-refractivity contribution in [2.75, 3.05) is 39.4 Å². The Morgan fingerprint density at radius 3 is 1.75 bits per heavy atom. The molecule has 0 amide bonds. The summed E-state index contributed by atoms with van der Waals surface area (Å²) in [5.41, 5.74) is 5.56. The van der Waals surface area contributed by atoms with Crippen molar-refractivity contribution in [3.8, 4) is 0 Å². The third-order valence-electron chi connectivity index (χ3n) is 7.73. The van der Waals surface area contributed by atoms with Crippen molar-refractivity contribution in [1.82, 2.24) is 9.80 Å². The van der Waals surface area contributed by atoms with E-state index in [-0.39, 0.29) is 0 Å². The Labute approximate surface area is 203 Å². The van der Waals surface area contributed by atoms with Gasteiger partial charge in [0, 0.05) is 12.1 Å². The molecule has 0 radical (unpaired) electrons. The molecule has 4 unspecified atom stereocenters. The Morgan fingerprint density at radius 1 is 0.812 bits per heavy atom. The molecule has 0 aromatic rings. The van der Waals surface area contributed by atoms with Crippen LogP contribution in [0.4, 0.5) is 0 Å². The molecular weight excluding hydrogens is 394 g/mol. The van der Waals surface area contributed by atoms with Crippen LogP contribution in [0.2, 0.25) is 0 Å². The van der Waals surface area contributed by atoms with Gasteiger partial charge in [-0.1, -0.05) is 55.4 Å². The van der Waals surface area contributed by atoms with Crippen molar-refractivity contribution < 1.29 is 4.74 Å². The molecule has 3 aliphatic rings. The lowest BCUT2D eigenvalue weighted by atomic mass is 9.81. The molecule has 3 rings (SSSR count). The van der Waals surface area contributed by atoms with Crippen LogP contribution in [0, 0.1) is 23.7 Å². The van der Waals surface area contributed by atoms with Crippen LogP contribution in [-0.2, 0) is 4.74 Å². The zero-order chi connectivity index (χ0) is 24.7. The molecule has 0 aliphatic carbocycles. The van der Waals surface area contributed by atoms with Crippen molar-refractivity contribution in [1.29, 1.82) is 0 Å². The van der Waals surface area contributed by atoms with Crippen LogP contribution in [-0.4, -0.2) is 67.3 Å². The minimum absolute atomic E-state index is 0.728. The number of nitrogens with zero attached hydrogens (tertiary/aromatic N) is 2. The average Bonchev–Trinajstić information content (AvgIpc) is 2.76. The minimum atomic E-state index is 0.728. The molecule has 0 aromatic heterocycles. The van der Waals surface area contributed by atoms with Gasteiger partial charge in [-0.05, 0) is 95.8 Å². The molecule has 3 fully saturated rings. The Bertz CT molecular complexity index is 425. The molecule has 2 N–H and O–H groups in total. The first kappa shape index (κ1) is 31.8. The highest BCUT2D eigenvalue weighted by molar-refractivity contribution is 4.89. The van der Waals surface area contributed by atoms with Gasteiger partial charge >= 0.3 is 0 Å². The van der Waals surface area contributed by atoms with E-state index in [1.807, 2.05) is 27.7 Å². The Balaban J connectivity index is 0.000000520. The third-order valence-corrected chi connectivity index (χ3v) is 7.73. The number of hydrogen-bond acceptors (Lipinski definition) is 4. The van der Waals surface area contributed by atoms with Crippen molar-refractivity contribution in [2.24, 2.45) is 29.4 Å². The Kier molecular flexibility index (Phi) is 18.1. The van der Waals surface area contributed by atoms with E-state index in [0.29, 0.717) is 0 Å². The zero-order valence-electron chi connectivity index (χ0n) is 23.7. The topological polar surface area (TPSA) is 41.7 Å². The van der Waals surface area contributed by atoms with Crippen LogP contribution < -0.4 is 5.73 Å². The van der Waals surface area contributed by atoms with Gasteiger partial charge < -0.3 is 15.4 Å². The molecule has 4 nitrogen and oxygen atoms in total. The van der Waals surface area contributed by atoms with E-state index in [1.165, 1.54) is 45.3 Å². The van der Waals surface area contributed by atoms with Crippen molar-refractivity contribution in [3.05, 3.63) is 0 Å². The lowest BCUT2D eigenvalue weighted by Gasteiger charge is -2.47. The van der Waals surface area contributed by atoms with E-state index in [4.69, 9.17) is 10.5 Å². The van der Waals surface area contributed by atoms with Gasteiger partial charge in [-0.2, -0.15) is 0 Å². The van der Waals surface area contributed by atoms with Gasteiger partial charge in [0.1, 0.15) is 0 Å². The maximum atomic E-state index is 5.56. The standard InChI is InChI=1S/C12H26N2.C12H23NO.2C2H6/c1-10(2)12-6-4-8-14(11(12)3)9-5-7-13;1-9(2)12-5-4-6-13(10(12)3)11-7-14-8-11;2*1-2/h10-12H,4-9,13H2,1-3H3;9-12H,4-8H2,1-3H3;2*1-2H3. The summed E-state index contributed by atoms with van der Waals surface area (Å²) in [7, 11) is 0. The molecule has 0 bridgehead atoms. The van der Waals surface area contributed by atoms with E-state index in [1.54, 1.807) is 0 Å². The van der Waals surface area contributed by atoms with Gasteiger partial charge in [-0.25, -0.2) is 0 Å². The molecule has 0 spiro atoms. The molecule has 4 heteroatoms. The largest absolute Gasteiger partial charge is 0.378 e. The highest BCUT2D eigenvalue weighted by atomic mass is 16.5. The summed E-state index contributed by atoms with van der Waals surface area (Å²) in [4.78, 5) is 5.30. The molecule has 3 aliphatic heterocycles. The highest BCUT2D eigenvalue weighted by Gasteiger charge is 2.36. The van der Waals surface area contributed by atoms with Gasteiger partial charge in [-0.3, -0.25) is 4.90 Å². The van der Waals surface area contributed by atoms with E-state index in [2.05, 4.69) is 51.3 Å². The summed E-state index contributed by atoms with van der Waals surface area (Å²) in [6, 6.07) is 2.25. The first-order valence-electron chi connectivity index (χ1n) is 14.1. The fourth-order valence-electron chi connectivity index (χ4n) is 5.77. The predicted molar refractivity (Wildman–Crippen MR) is 143 cm³/mol. The summed E-state index contributed by atoms with van der Waals surface area (Å²) in [6.45, 7) is 28.8. The summed E-state index contributed by atoms with van der Waals surface area (Å²) in [5.74, 6) is 3.44. The summed E-state index contributed by atoms with van der Waals surface area (Å²) >= 11 is 0. The normalized spacial score (nSPS) is 29.2. The van der Waals surface area contributed by atoms with Gasteiger partial charge in [0.05, 0.1) is 19.3 Å². The molecule has 194 valence electrons. The summed E-state index contributed by atoms with van der Waals surface area (Å²) in [6.07, 6.45) is 6.73. The third kappa shape index (κ3) is 9.99. The lowest BCUT2D eigenvalue weighted by Crippen LogP contribution is -2.57. The second-order valence-electron chi connectivity index (χ2n) is 10.2. The second kappa shape index (κ2) is 18.2. The van der Waals surface area contributed by atoms with Crippen LogP contribution in [0.15, 0.2) is 0 Å². The fraction of sp³-hybridized carbons (Fsp3) is 1.00. The first-order chi connectivity index (χ1) is 15.4. The number of hydrogen-bond donors (Lipinski definition) is 1. The predicted octanol–water partition coefficient (Wildman–Crippen LogP) is 6.29. The zero-order valence-corrected chi connectivity index (χ0v) is 23.7. The van der Waals surface area contributed by atoms with Crippen molar-refractivity contribution >= 4 is 0 Å². The summed E-state index contributed by atoms with van der Waals surface area (Å²) < 4.78 is 5.29. The molecule has 3 heterocycles. The van der Waals surface area contributed by atoms with Crippen LogP contribution in [0.25, 0.3) is 0 Å². The van der Waals surface area contributed by atoms with Crippen molar-refractivity contribution in [3.63, 3.8) is 0 Å². The Morgan fingerprint density at radius 2 is 1.31 bits per heavy atom. The van der Waals surface area contributed by atoms with Gasteiger partial charge in [0.2, 0.25) is 0 Å². The minimum Gasteiger partial charge on any atom is -0.378 e. The van der Waals surface area contributed by atoms with Gasteiger partial charge in [0.15, 0.2) is 0 Å². The fourth-order valence-corrected chi connectivity index (χ4v) is 5.77. The number of nitrogens with two attached hydrogens (primary N) is 1. The van der Waals surface area contributed by atoms with E-state index in [9.17, 15) is 0 Å². The number of likely N-dealkylation sites (tertiary alicyclic amines) is 2. The number of ether oxygens (including phenoxy) is 1. The van der Waals surface area contributed by atoms with Gasteiger partial charge in [-0.15, -0.1) is 0 Å². The van der Waals surface area contributed by atoms with Gasteiger partial charge in [0.25, 0.3) is 0 Å². The lowest BCUT2D eigenvalue weighted by molar-refractivity contribution is -0.0978. The molecule has 4 atom stereocenters. The quantitative estimate of drug-likeness (QED) is 0.511. The van der Waals surface area contributed by atoms with E-state index < -0.39 is 0 Å². The molecule has 3 saturated heterocycles. The van der Waals surface area contributed by atoms with Crippen LogP contribution in [0.5, 0.6) is 0 Å². The molecule has 0 saturated carbocycles. The maximum Gasteiger partial charge on any atom is 0.0645 e. The average molecular weight is 456 g/mol. The van der Waals surface area contributed by atoms with Crippen LogP contribution in [0.3, 0.4) is 0 Å². The smallest absolute Gasteiger partial charge is 0.0645 e. The molecule has 0 aromatic carbocycles. The molecular formula is C28H61N3O. The second-order valence-corrected chi connectivity index (χ2v) is 10.2. The highest BCUT2D eigenvalue weighted by Crippen LogP contribution is 2.32. The van der Waals surface area contributed by atoms with Crippen molar-refractivity contribution in [2.45, 2.75) is 119 Å². The van der Waals surface area contributed by atoms with E-state index in [0.717, 1.165) is 68.0 Å². The summed E-state index contributed by atoms with van der Waals surface area (Å²) in [5, 5.41) is 0. The van der Waals surface area contributed by atoms with Crippen LogP contribution in [0.1, 0.15) is 101 Å². The Hall–Kier alpha value is -0.160. The first-order valence-corrected chi connectivity index (χ1v) is 14.1. The monoisotopic (exact) mass is 455 g/mol. The van der Waals surface area contributed by atoms with Crippen LogP contribution >= 0.6 is 0 Å². The molecule has 32 heavy (non-hydrogen) atoms. The maximum absolute atomic E-state index is 5.56. The SMILES string of the molecule is CC.CC.CC(C)C1CCCN(C2COC2)C1C.CC(C)C1CCCN(CCCN)C1C.